The molecule has 0 aliphatic heterocycles. The summed E-state index contributed by atoms with van der Waals surface area (Å²) in [6.07, 6.45) is 1.77. The van der Waals surface area contributed by atoms with E-state index in [0.717, 1.165) is 3.70 Å². The molecule has 0 atom stereocenters. The van der Waals surface area contributed by atoms with Crippen molar-refractivity contribution < 1.29 is 0 Å². The lowest BCUT2D eigenvalue weighted by atomic mass is 10.9. The van der Waals surface area contributed by atoms with Crippen LogP contribution in [0.4, 0.5) is 0 Å². The summed E-state index contributed by atoms with van der Waals surface area (Å²) < 4.78 is 2.96. The molecule has 0 aliphatic rings. The molecule has 0 fully saturated rings. The first kappa shape index (κ1) is 7.87. The Labute approximate surface area is 70.6 Å². The quantitative estimate of drug-likeness (QED) is 0.400. The minimum absolute atomic E-state index is 1.03. The van der Waals surface area contributed by atoms with E-state index in [0.29, 0.717) is 0 Å². The fourth-order valence-corrected chi connectivity index (χ4v) is 0.591. The highest BCUT2D eigenvalue weighted by Gasteiger charge is 1.74. The van der Waals surface area contributed by atoms with Crippen molar-refractivity contribution in [3.05, 3.63) is 7.79 Å². The second-order valence-electron chi connectivity index (χ2n) is 0.819. The van der Waals surface area contributed by atoms with E-state index in [2.05, 4.69) is 50.2 Å². The molecule has 0 aromatic heterocycles. The minimum Gasteiger partial charge on any atom is -0.255 e. The molecule has 40 valence electrons. The largest absolute Gasteiger partial charge is 0.255 e. The summed E-state index contributed by atoms with van der Waals surface area (Å²) in [5.41, 5.74) is 0. The van der Waals surface area contributed by atoms with Gasteiger partial charge in [-0.2, -0.15) is 0 Å². The van der Waals surface area contributed by atoms with Gasteiger partial charge in [0.2, 0.25) is 0 Å². The van der Waals surface area contributed by atoms with Gasteiger partial charge in [0.1, 0.15) is 3.70 Å². The Morgan fingerprint density at radius 1 is 1.71 bits per heavy atom. The van der Waals surface area contributed by atoms with Gasteiger partial charge >= 0.3 is 0 Å². The fraction of sp³-hybridized carbons (Fsp3) is 0.250. The topological polar surface area (TPSA) is 12.4 Å². The maximum absolute atomic E-state index is 3.96. The molecule has 0 rings (SSSR count). The van der Waals surface area contributed by atoms with Crippen LogP contribution in [-0.4, -0.2) is 6.21 Å². The van der Waals surface area contributed by atoms with E-state index in [1.165, 1.54) is 0 Å². The molecular formula is C4H5I2N. The standard InChI is InChI=1S/C4H5I2N/c1-2-7-4(6)3-5/h2-3H,1H3/b4-3-,7-2-. The summed E-state index contributed by atoms with van der Waals surface area (Å²) in [5.74, 6) is 0. The van der Waals surface area contributed by atoms with E-state index in [9.17, 15) is 0 Å². The van der Waals surface area contributed by atoms with Crippen LogP contribution in [-0.2, 0) is 0 Å². The van der Waals surface area contributed by atoms with E-state index >= 15 is 0 Å². The van der Waals surface area contributed by atoms with E-state index in [-0.39, 0.29) is 0 Å². The summed E-state index contributed by atoms with van der Waals surface area (Å²) in [6, 6.07) is 0. The van der Waals surface area contributed by atoms with Crippen LogP contribution in [0.1, 0.15) is 6.92 Å². The fourth-order valence-electron chi connectivity index (χ4n) is 0.152. The van der Waals surface area contributed by atoms with Gasteiger partial charge in [-0.15, -0.1) is 0 Å². The number of rotatable bonds is 1. The number of hydrogen-bond donors (Lipinski definition) is 0. The molecule has 0 N–H and O–H groups in total. The zero-order valence-corrected chi connectivity index (χ0v) is 8.17. The van der Waals surface area contributed by atoms with Crippen LogP contribution in [0.2, 0.25) is 0 Å². The van der Waals surface area contributed by atoms with Gasteiger partial charge in [-0.1, -0.05) is 22.6 Å². The predicted molar refractivity (Wildman–Crippen MR) is 50.3 cm³/mol. The lowest BCUT2D eigenvalue weighted by molar-refractivity contribution is 1.58. The van der Waals surface area contributed by atoms with Crippen molar-refractivity contribution in [1.29, 1.82) is 0 Å². The average Bonchev–Trinajstić information content (AvgIpc) is 1.68. The maximum atomic E-state index is 3.96. The molecule has 0 saturated carbocycles. The molecule has 0 unspecified atom stereocenters. The monoisotopic (exact) mass is 321 g/mol. The molecule has 0 aromatic rings. The molecule has 3 heteroatoms. The zero-order valence-electron chi connectivity index (χ0n) is 3.86. The molecule has 0 amide bonds. The van der Waals surface area contributed by atoms with Crippen LogP contribution in [0.5, 0.6) is 0 Å². The first-order chi connectivity index (χ1) is 3.31. The normalized spacial score (nSPS) is 13.3. The van der Waals surface area contributed by atoms with Crippen molar-refractivity contribution in [3.63, 3.8) is 0 Å². The Morgan fingerprint density at radius 2 is 2.29 bits per heavy atom. The highest BCUT2D eigenvalue weighted by atomic mass is 127. The van der Waals surface area contributed by atoms with Gasteiger partial charge in [-0.25, -0.2) is 0 Å². The Hall–Kier alpha value is 0.870. The summed E-state index contributed by atoms with van der Waals surface area (Å²) in [4.78, 5) is 3.96. The molecule has 0 aliphatic carbocycles. The first-order valence-electron chi connectivity index (χ1n) is 1.76. The molecule has 1 nitrogen and oxygen atoms in total. The average molecular weight is 321 g/mol. The molecule has 0 spiro atoms. The van der Waals surface area contributed by atoms with Crippen LogP contribution >= 0.6 is 45.2 Å². The SMILES string of the molecule is C/C=N\C(I)=C/I. The van der Waals surface area contributed by atoms with Gasteiger partial charge in [0.25, 0.3) is 0 Å². The molecule has 0 aromatic carbocycles. The molecular weight excluding hydrogens is 316 g/mol. The van der Waals surface area contributed by atoms with Crippen molar-refractivity contribution in [3.8, 4) is 0 Å². The Morgan fingerprint density at radius 3 is 2.43 bits per heavy atom. The second kappa shape index (κ2) is 5.02. The third-order valence-electron chi connectivity index (χ3n) is 0.342. The molecule has 0 bridgehead atoms. The van der Waals surface area contributed by atoms with Crippen LogP contribution in [0.25, 0.3) is 0 Å². The lowest BCUT2D eigenvalue weighted by Crippen LogP contribution is -1.57. The summed E-state index contributed by atoms with van der Waals surface area (Å²) in [7, 11) is 0. The zero-order chi connectivity index (χ0) is 5.70. The van der Waals surface area contributed by atoms with Crippen molar-refractivity contribution in [2.45, 2.75) is 6.92 Å². The van der Waals surface area contributed by atoms with Gasteiger partial charge in [-0.3, -0.25) is 4.99 Å². The van der Waals surface area contributed by atoms with Gasteiger partial charge < -0.3 is 0 Å². The lowest BCUT2D eigenvalue weighted by Gasteiger charge is -1.78. The number of hydrogen-bond acceptors (Lipinski definition) is 1. The summed E-state index contributed by atoms with van der Waals surface area (Å²) in [5, 5.41) is 0. The number of aliphatic imine (C=N–C) groups is 1. The van der Waals surface area contributed by atoms with Crippen molar-refractivity contribution in [2.24, 2.45) is 4.99 Å². The second-order valence-corrected chi connectivity index (χ2v) is 2.55. The van der Waals surface area contributed by atoms with E-state index in [1.54, 1.807) is 6.21 Å². The van der Waals surface area contributed by atoms with E-state index < -0.39 is 0 Å². The van der Waals surface area contributed by atoms with E-state index in [4.69, 9.17) is 0 Å². The Balaban J connectivity index is 3.58. The van der Waals surface area contributed by atoms with Crippen molar-refractivity contribution >= 4 is 51.4 Å². The van der Waals surface area contributed by atoms with Crippen LogP contribution in [0.3, 0.4) is 0 Å². The smallest absolute Gasteiger partial charge is 0.106 e. The van der Waals surface area contributed by atoms with Crippen LogP contribution < -0.4 is 0 Å². The van der Waals surface area contributed by atoms with Crippen molar-refractivity contribution in [2.75, 3.05) is 0 Å². The summed E-state index contributed by atoms with van der Waals surface area (Å²) >= 11 is 4.31. The van der Waals surface area contributed by atoms with Gasteiger partial charge in [0, 0.05) is 10.3 Å². The van der Waals surface area contributed by atoms with Gasteiger partial charge in [0.05, 0.1) is 0 Å². The third-order valence-corrected chi connectivity index (χ3v) is 2.71. The minimum atomic E-state index is 1.03. The number of nitrogens with zero attached hydrogens (tertiary/aromatic N) is 1. The van der Waals surface area contributed by atoms with Gasteiger partial charge in [-0.05, 0) is 29.5 Å². The first-order valence-corrected chi connectivity index (χ1v) is 4.08. The summed E-state index contributed by atoms with van der Waals surface area (Å²) in [6.45, 7) is 1.90. The Kier molecular flexibility index (Phi) is 5.64. The maximum Gasteiger partial charge on any atom is 0.106 e. The van der Waals surface area contributed by atoms with Crippen LogP contribution in [0.15, 0.2) is 12.8 Å². The van der Waals surface area contributed by atoms with Gasteiger partial charge in [0.15, 0.2) is 0 Å². The Bertz CT molecular complexity index is 95.9. The molecule has 7 heavy (non-hydrogen) atoms. The predicted octanol–water partition coefficient (Wildman–Crippen LogP) is 2.75. The highest BCUT2D eigenvalue weighted by Crippen LogP contribution is 2.08. The van der Waals surface area contributed by atoms with E-state index in [1.807, 2.05) is 11.0 Å². The number of halogens is 2. The molecule has 0 radical (unpaired) electrons. The van der Waals surface area contributed by atoms with Crippen molar-refractivity contribution in [1.82, 2.24) is 0 Å². The molecule has 0 heterocycles. The molecule has 0 saturated heterocycles. The highest BCUT2D eigenvalue weighted by molar-refractivity contribution is 14.1. The third kappa shape index (κ3) is 4.73. The van der Waals surface area contributed by atoms with Crippen LogP contribution in [0, 0.1) is 0 Å².